The minimum Gasteiger partial charge on any atom is -0.381 e. The summed E-state index contributed by atoms with van der Waals surface area (Å²) in [5.74, 6) is -0.792. The number of nitrogens with one attached hydrogen (secondary N) is 1. The molecule has 3 aromatic carbocycles. The van der Waals surface area contributed by atoms with Crippen LogP contribution in [-0.2, 0) is 11.3 Å². The molecule has 3 aromatic rings. The SMILES string of the molecule is O=C(c1ccc(NCc2ccc(-c3ccccc3)cc2)cc1F)N1CCOCC1. The van der Waals surface area contributed by atoms with Crippen molar-refractivity contribution in [2.75, 3.05) is 31.6 Å². The van der Waals surface area contributed by atoms with Crippen molar-refractivity contribution in [2.45, 2.75) is 6.54 Å². The molecule has 29 heavy (non-hydrogen) atoms. The summed E-state index contributed by atoms with van der Waals surface area (Å²) in [7, 11) is 0. The first-order valence-corrected chi connectivity index (χ1v) is 9.75. The van der Waals surface area contributed by atoms with E-state index in [1.54, 1.807) is 17.0 Å². The number of benzene rings is 3. The van der Waals surface area contributed by atoms with E-state index in [0.29, 0.717) is 38.5 Å². The number of carbonyl (C=O) groups excluding carboxylic acids is 1. The standard InChI is InChI=1S/C24H23FN2O2/c25-23-16-21(10-11-22(23)24(28)27-12-14-29-15-13-27)26-17-18-6-8-20(9-7-18)19-4-2-1-3-5-19/h1-11,16,26H,12-15,17H2. The van der Waals surface area contributed by atoms with Gasteiger partial charge >= 0.3 is 0 Å². The Morgan fingerprint density at radius 3 is 2.31 bits per heavy atom. The van der Waals surface area contributed by atoms with Crippen molar-refractivity contribution in [1.82, 2.24) is 4.90 Å². The van der Waals surface area contributed by atoms with Crippen LogP contribution in [0.25, 0.3) is 11.1 Å². The molecule has 148 valence electrons. The van der Waals surface area contributed by atoms with E-state index in [2.05, 4.69) is 41.7 Å². The molecule has 4 rings (SSSR count). The third-order valence-electron chi connectivity index (χ3n) is 5.06. The smallest absolute Gasteiger partial charge is 0.256 e. The first kappa shape index (κ1) is 19.2. The Hall–Kier alpha value is -3.18. The van der Waals surface area contributed by atoms with Gasteiger partial charge in [-0.2, -0.15) is 0 Å². The van der Waals surface area contributed by atoms with E-state index < -0.39 is 5.82 Å². The van der Waals surface area contributed by atoms with Crippen molar-refractivity contribution in [3.05, 3.63) is 89.7 Å². The Morgan fingerprint density at radius 2 is 1.62 bits per heavy atom. The van der Waals surface area contributed by atoms with Crippen LogP contribution in [0.2, 0.25) is 0 Å². The Labute approximate surface area is 169 Å². The van der Waals surface area contributed by atoms with Crippen LogP contribution in [0.3, 0.4) is 0 Å². The summed E-state index contributed by atoms with van der Waals surface area (Å²) >= 11 is 0. The second-order valence-electron chi connectivity index (χ2n) is 7.02. The summed E-state index contributed by atoms with van der Waals surface area (Å²) in [5, 5.41) is 3.22. The average Bonchev–Trinajstić information content (AvgIpc) is 2.79. The molecule has 1 aliphatic heterocycles. The molecule has 1 fully saturated rings. The predicted molar refractivity (Wildman–Crippen MR) is 112 cm³/mol. The topological polar surface area (TPSA) is 41.6 Å². The Kier molecular flexibility index (Phi) is 5.86. The highest BCUT2D eigenvalue weighted by atomic mass is 19.1. The molecule has 4 nitrogen and oxygen atoms in total. The third-order valence-corrected chi connectivity index (χ3v) is 5.06. The molecule has 1 saturated heterocycles. The van der Waals surface area contributed by atoms with Crippen LogP contribution in [0.5, 0.6) is 0 Å². The lowest BCUT2D eigenvalue weighted by Crippen LogP contribution is -2.41. The lowest BCUT2D eigenvalue weighted by atomic mass is 10.0. The normalized spacial score (nSPS) is 13.9. The summed E-state index contributed by atoms with van der Waals surface area (Å²) in [4.78, 5) is 14.1. The molecule has 1 N–H and O–H groups in total. The maximum absolute atomic E-state index is 14.5. The van der Waals surface area contributed by atoms with E-state index in [-0.39, 0.29) is 11.5 Å². The highest BCUT2D eigenvalue weighted by molar-refractivity contribution is 5.95. The lowest BCUT2D eigenvalue weighted by molar-refractivity contribution is 0.0300. The van der Waals surface area contributed by atoms with Crippen molar-refractivity contribution in [1.29, 1.82) is 0 Å². The third kappa shape index (κ3) is 4.63. The van der Waals surface area contributed by atoms with Crippen LogP contribution < -0.4 is 5.32 Å². The lowest BCUT2D eigenvalue weighted by Gasteiger charge is -2.27. The number of hydrogen-bond acceptors (Lipinski definition) is 3. The molecular formula is C24H23FN2O2. The van der Waals surface area contributed by atoms with E-state index in [1.807, 2.05) is 18.2 Å². The molecule has 0 atom stereocenters. The minimum absolute atomic E-state index is 0.102. The van der Waals surface area contributed by atoms with Gasteiger partial charge in [0.15, 0.2) is 0 Å². The van der Waals surface area contributed by atoms with E-state index >= 15 is 0 Å². The highest BCUT2D eigenvalue weighted by Crippen LogP contribution is 2.21. The van der Waals surface area contributed by atoms with Gasteiger partial charge in [0.05, 0.1) is 18.8 Å². The number of anilines is 1. The summed E-state index contributed by atoms with van der Waals surface area (Å²) in [6.45, 7) is 2.56. The molecule has 0 saturated carbocycles. The Morgan fingerprint density at radius 1 is 0.931 bits per heavy atom. The molecule has 0 aromatic heterocycles. The molecule has 0 radical (unpaired) electrons. The molecule has 0 bridgehead atoms. The maximum Gasteiger partial charge on any atom is 0.256 e. The Bertz CT molecular complexity index is 968. The molecule has 1 aliphatic rings. The number of morpholine rings is 1. The van der Waals surface area contributed by atoms with E-state index in [4.69, 9.17) is 4.74 Å². The van der Waals surface area contributed by atoms with Crippen LogP contribution in [-0.4, -0.2) is 37.1 Å². The molecule has 0 aliphatic carbocycles. The van der Waals surface area contributed by atoms with Gasteiger partial charge in [0, 0.05) is 25.3 Å². The summed E-state index contributed by atoms with van der Waals surface area (Å²) in [6, 6.07) is 23.2. The molecule has 0 unspecified atom stereocenters. The van der Waals surface area contributed by atoms with Crippen LogP contribution >= 0.6 is 0 Å². The Balaban J connectivity index is 1.38. The number of ether oxygens (including phenoxy) is 1. The molecule has 1 heterocycles. The number of carbonyl (C=O) groups is 1. The van der Waals surface area contributed by atoms with Crippen LogP contribution in [0, 0.1) is 5.82 Å². The number of amides is 1. The fourth-order valence-electron chi connectivity index (χ4n) is 3.39. The van der Waals surface area contributed by atoms with E-state index in [1.165, 1.54) is 11.6 Å². The van der Waals surface area contributed by atoms with Crippen LogP contribution in [0.4, 0.5) is 10.1 Å². The van der Waals surface area contributed by atoms with Crippen molar-refractivity contribution in [3.63, 3.8) is 0 Å². The molecular weight excluding hydrogens is 367 g/mol. The van der Waals surface area contributed by atoms with Crippen molar-refractivity contribution in [2.24, 2.45) is 0 Å². The van der Waals surface area contributed by atoms with E-state index in [9.17, 15) is 9.18 Å². The summed E-state index contributed by atoms with van der Waals surface area (Å²) in [5.41, 5.74) is 4.18. The molecule has 0 spiro atoms. The molecule has 5 heteroatoms. The van der Waals surface area contributed by atoms with E-state index in [0.717, 1.165) is 11.1 Å². The van der Waals surface area contributed by atoms with Gasteiger partial charge in [0.1, 0.15) is 5.82 Å². The minimum atomic E-state index is -0.508. The van der Waals surface area contributed by atoms with Gasteiger partial charge in [-0.05, 0) is 34.9 Å². The fraction of sp³-hybridized carbons (Fsp3) is 0.208. The summed E-state index contributed by atoms with van der Waals surface area (Å²) < 4.78 is 19.7. The first-order valence-electron chi connectivity index (χ1n) is 9.75. The average molecular weight is 390 g/mol. The monoisotopic (exact) mass is 390 g/mol. The van der Waals surface area contributed by atoms with Gasteiger partial charge in [0.25, 0.3) is 5.91 Å². The van der Waals surface area contributed by atoms with Crippen molar-refractivity contribution < 1.29 is 13.9 Å². The number of hydrogen-bond donors (Lipinski definition) is 1. The second kappa shape index (κ2) is 8.88. The maximum atomic E-state index is 14.5. The molecule has 1 amide bonds. The highest BCUT2D eigenvalue weighted by Gasteiger charge is 2.21. The zero-order chi connectivity index (χ0) is 20.1. The number of halogens is 1. The zero-order valence-electron chi connectivity index (χ0n) is 16.1. The zero-order valence-corrected chi connectivity index (χ0v) is 16.1. The van der Waals surface area contributed by atoms with Crippen LogP contribution in [0.1, 0.15) is 15.9 Å². The fourth-order valence-corrected chi connectivity index (χ4v) is 3.39. The predicted octanol–water partition coefficient (Wildman–Crippen LogP) is 4.58. The van der Waals surface area contributed by atoms with Crippen LogP contribution in [0.15, 0.2) is 72.8 Å². The number of nitrogens with zero attached hydrogens (tertiary/aromatic N) is 1. The van der Waals surface area contributed by atoms with Gasteiger partial charge in [-0.25, -0.2) is 4.39 Å². The quantitative estimate of drug-likeness (QED) is 0.694. The van der Waals surface area contributed by atoms with Gasteiger partial charge in [-0.15, -0.1) is 0 Å². The summed E-state index contributed by atoms with van der Waals surface area (Å²) in [6.07, 6.45) is 0. The largest absolute Gasteiger partial charge is 0.381 e. The van der Waals surface area contributed by atoms with Crippen molar-refractivity contribution in [3.8, 4) is 11.1 Å². The first-order chi connectivity index (χ1) is 14.2. The van der Waals surface area contributed by atoms with Gasteiger partial charge < -0.3 is 15.0 Å². The van der Waals surface area contributed by atoms with Crippen molar-refractivity contribution >= 4 is 11.6 Å². The number of rotatable bonds is 5. The van der Waals surface area contributed by atoms with Gasteiger partial charge in [-0.1, -0.05) is 54.6 Å². The van der Waals surface area contributed by atoms with Gasteiger partial charge in [0.2, 0.25) is 0 Å². The second-order valence-corrected chi connectivity index (χ2v) is 7.02. The van der Waals surface area contributed by atoms with Gasteiger partial charge in [-0.3, -0.25) is 4.79 Å².